The summed E-state index contributed by atoms with van der Waals surface area (Å²) in [5, 5.41) is 0. The number of allylic oxidation sites excluding steroid dienone is 1. The van der Waals surface area contributed by atoms with Crippen molar-refractivity contribution in [3.63, 3.8) is 0 Å². The van der Waals surface area contributed by atoms with E-state index in [2.05, 4.69) is 19.9 Å². The van der Waals surface area contributed by atoms with Gasteiger partial charge in [-0.05, 0) is 40.5 Å². The lowest BCUT2D eigenvalue weighted by molar-refractivity contribution is -0.154. The average molecular weight is 182 g/mol. The molecule has 1 saturated heterocycles. The van der Waals surface area contributed by atoms with E-state index in [0.717, 1.165) is 12.8 Å². The summed E-state index contributed by atoms with van der Waals surface area (Å²) in [7, 11) is 0. The Labute approximate surface area is 79.9 Å². The second kappa shape index (κ2) is 2.58. The van der Waals surface area contributed by atoms with Crippen LogP contribution in [0.15, 0.2) is 11.6 Å². The molecule has 2 aliphatic rings. The molecular formula is C11H18O2. The van der Waals surface area contributed by atoms with E-state index in [0.29, 0.717) is 0 Å². The summed E-state index contributed by atoms with van der Waals surface area (Å²) in [6.07, 6.45) is 4.64. The van der Waals surface area contributed by atoms with Crippen LogP contribution < -0.4 is 0 Å². The maximum atomic E-state index is 5.98. The lowest BCUT2D eigenvalue weighted by Crippen LogP contribution is -2.34. The van der Waals surface area contributed by atoms with Crippen molar-refractivity contribution in [1.82, 2.24) is 0 Å². The Kier molecular flexibility index (Phi) is 1.83. The summed E-state index contributed by atoms with van der Waals surface area (Å²) in [4.78, 5) is 0. The minimum atomic E-state index is -0.416. The predicted molar refractivity (Wildman–Crippen MR) is 51.4 cm³/mol. The van der Waals surface area contributed by atoms with Gasteiger partial charge in [0.25, 0.3) is 0 Å². The molecule has 0 aromatic carbocycles. The summed E-state index contributed by atoms with van der Waals surface area (Å²) in [5.74, 6) is -0.416. The predicted octanol–water partition coefficient (Wildman–Crippen LogP) is 2.64. The van der Waals surface area contributed by atoms with Crippen molar-refractivity contribution < 1.29 is 9.47 Å². The number of hydrogen-bond donors (Lipinski definition) is 0. The van der Waals surface area contributed by atoms with E-state index in [1.807, 2.05) is 13.8 Å². The van der Waals surface area contributed by atoms with Crippen LogP contribution in [0.25, 0.3) is 0 Å². The molecule has 1 fully saturated rings. The van der Waals surface area contributed by atoms with E-state index in [4.69, 9.17) is 9.47 Å². The van der Waals surface area contributed by atoms with Gasteiger partial charge < -0.3 is 9.47 Å². The Bertz CT molecular complexity index is 255. The highest BCUT2D eigenvalue weighted by Gasteiger charge is 2.51. The number of ether oxygens (including phenoxy) is 2. The van der Waals surface area contributed by atoms with Gasteiger partial charge in [0.15, 0.2) is 5.79 Å². The van der Waals surface area contributed by atoms with Crippen LogP contribution in [0.5, 0.6) is 0 Å². The molecule has 74 valence electrons. The third-order valence-electron chi connectivity index (χ3n) is 2.99. The summed E-state index contributed by atoms with van der Waals surface area (Å²) < 4.78 is 11.7. The first-order valence-corrected chi connectivity index (χ1v) is 5.00. The molecular weight excluding hydrogens is 164 g/mol. The zero-order chi connectivity index (χ0) is 9.69. The Morgan fingerprint density at radius 2 is 2.15 bits per heavy atom. The zero-order valence-corrected chi connectivity index (χ0v) is 8.89. The molecule has 2 nitrogen and oxygen atoms in total. The van der Waals surface area contributed by atoms with Crippen LogP contribution in [-0.2, 0) is 9.47 Å². The van der Waals surface area contributed by atoms with Gasteiger partial charge in [-0.25, -0.2) is 0 Å². The number of rotatable bonds is 0. The van der Waals surface area contributed by atoms with Crippen LogP contribution in [-0.4, -0.2) is 17.5 Å². The fraction of sp³-hybridized carbons (Fsp3) is 0.818. The van der Waals surface area contributed by atoms with Crippen LogP contribution in [0.2, 0.25) is 0 Å². The highest BCUT2D eigenvalue weighted by molar-refractivity contribution is 5.21. The van der Waals surface area contributed by atoms with Gasteiger partial charge in [-0.2, -0.15) is 0 Å². The largest absolute Gasteiger partial charge is 0.344 e. The molecule has 1 spiro atoms. The smallest absolute Gasteiger partial charge is 0.164 e. The Balaban J connectivity index is 2.26. The van der Waals surface area contributed by atoms with E-state index in [9.17, 15) is 0 Å². The van der Waals surface area contributed by atoms with Crippen LogP contribution in [0.4, 0.5) is 0 Å². The van der Waals surface area contributed by atoms with Gasteiger partial charge in [0.1, 0.15) is 5.60 Å². The van der Waals surface area contributed by atoms with Crippen LogP contribution in [0.1, 0.15) is 40.5 Å². The lowest BCUT2D eigenvalue weighted by atomic mass is 9.98. The highest BCUT2D eigenvalue weighted by Crippen LogP contribution is 2.44. The van der Waals surface area contributed by atoms with Crippen molar-refractivity contribution in [2.24, 2.45) is 0 Å². The minimum Gasteiger partial charge on any atom is -0.344 e. The quantitative estimate of drug-likeness (QED) is 0.536. The molecule has 2 heteroatoms. The Morgan fingerprint density at radius 1 is 1.46 bits per heavy atom. The molecule has 2 rings (SSSR count). The molecule has 0 amide bonds. The number of hydrogen-bond acceptors (Lipinski definition) is 2. The summed E-state index contributed by atoms with van der Waals surface area (Å²) in [5.41, 5.74) is 1.29. The summed E-state index contributed by atoms with van der Waals surface area (Å²) >= 11 is 0. The molecule has 0 bridgehead atoms. The molecule has 2 atom stereocenters. The molecule has 1 aliphatic heterocycles. The SMILES string of the molecule is CC1=C[C@]2(CC1)OC(C)(C)O[C@H]2C. The average Bonchev–Trinajstić information content (AvgIpc) is 2.39. The fourth-order valence-corrected chi connectivity index (χ4v) is 2.45. The molecule has 0 aromatic heterocycles. The van der Waals surface area contributed by atoms with E-state index in [-0.39, 0.29) is 11.7 Å². The van der Waals surface area contributed by atoms with Gasteiger partial charge >= 0.3 is 0 Å². The van der Waals surface area contributed by atoms with Crippen molar-refractivity contribution >= 4 is 0 Å². The van der Waals surface area contributed by atoms with E-state index in [1.165, 1.54) is 5.57 Å². The van der Waals surface area contributed by atoms with Crippen molar-refractivity contribution in [2.45, 2.75) is 58.0 Å². The molecule has 0 radical (unpaired) electrons. The molecule has 1 heterocycles. The van der Waals surface area contributed by atoms with E-state index in [1.54, 1.807) is 0 Å². The van der Waals surface area contributed by atoms with Gasteiger partial charge in [-0.15, -0.1) is 0 Å². The highest BCUT2D eigenvalue weighted by atomic mass is 16.8. The normalized spacial score (nSPS) is 42.8. The summed E-state index contributed by atoms with van der Waals surface area (Å²) in [6.45, 7) is 8.24. The van der Waals surface area contributed by atoms with Crippen LogP contribution in [0.3, 0.4) is 0 Å². The van der Waals surface area contributed by atoms with Crippen LogP contribution >= 0.6 is 0 Å². The van der Waals surface area contributed by atoms with Crippen molar-refractivity contribution in [3.05, 3.63) is 11.6 Å². The van der Waals surface area contributed by atoms with Gasteiger partial charge in [0.2, 0.25) is 0 Å². The topological polar surface area (TPSA) is 18.5 Å². The molecule has 0 saturated carbocycles. The molecule has 0 aromatic rings. The minimum absolute atomic E-state index is 0.131. The van der Waals surface area contributed by atoms with Gasteiger partial charge in [0, 0.05) is 0 Å². The maximum Gasteiger partial charge on any atom is 0.164 e. The van der Waals surface area contributed by atoms with Crippen molar-refractivity contribution in [3.8, 4) is 0 Å². The zero-order valence-electron chi connectivity index (χ0n) is 8.89. The fourth-order valence-electron chi connectivity index (χ4n) is 2.45. The second-order valence-corrected chi connectivity index (χ2v) is 4.71. The molecule has 1 aliphatic carbocycles. The van der Waals surface area contributed by atoms with E-state index >= 15 is 0 Å². The van der Waals surface area contributed by atoms with Gasteiger partial charge in [-0.3, -0.25) is 0 Å². The van der Waals surface area contributed by atoms with Crippen molar-refractivity contribution in [2.75, 3.05) is 0 Å². The molecule has 0 unspecified atom stereocenters. The van der Waals surface area contributed by atoms with Crippen LogP contribution in [0, 0.1) is 0 Å². The Hall–Kier alpha value is -0.340. The lowest BCUT2D eigenvalue weighted by Gasteiger charge is -2.24. The third-order valence-corrected chi connectivity index (χ3v) is 2.99. The van der Waals surface area contributed by atoms with Gasteiger partial charge in [-0.1, -0.05) is 11.6 Å². The van der Waals surface area contributed by atoms with Gasteiger partial charge in [0.05, 0.1) is 6.10 Å². The molecule has 0 N–H and O–H groups in total. The standard InChI is InChI=1S/C11H18O2/c1-8-5-6-11(7-8)9(2)12-10(3,4)13-11/h7,9H,5-6H2,1-4H3/t9-,11-/m0/s1. The van der Waals surface area contributed by atoms with Crippen molar-refractivity contribution in [1.29, 1.82) is 0 Å². The maximum absolute atomic E-state index is 5.98. The third kappa shape index (κ3) is 1.42. The first-order valence-electron chi connectivity index (χ1n) is 5.00. The monoisotopic (exact) mass is 182 g/mol. The Morgan fingerprint density at radius 3 is 2.54 bits per heavy atom. The first-order chi connectivity index (χ1) is 5.94. The summed E-state index contributed by atoms with van der Waals surface area (Å²) in [6, 6.07) is 0. The second-order valence-electron chi connectivity index (χ2n) is 4.71. The molecule has 13 heavy (non-hydrogen) atoms. The van der Waals surface area contributed by atoms with E-state index < -0.39 is 5.79 Å². The first kappa shape index (κ1) is 9.22.